The SMILES string of the molecule is CC(C)C(Oc1ccc(Cl)cc1F)C(=O)O. The van der Waals surface area contributed by atoms with Crippen molar-refractivity contribution in [3.05, 3.63) is 29.0 Å². The van der Waals surface area contributed by atoms with Crippen LogP contribution in [-0.2, 0) is 4.79 Å². The molecule has 0 radical (unpaired) electrons. The molecule has 1 rings (SSSR count). The molecular weight excluding hydrogens is 235 g/mol. The molecule has 0 aliphatic carbocycles. The van der Waals surface area contributed by atoms with E-state index >= 15 is 0 Å². The van der Waals surface area contributed by atoms with Gasteiger partial charge in [-0.1, -0.05) is 25.4 Å². The van der Waals surface area contributed by atoms with Gasteiger partial charge in [-0.05, 0) is 18.2 Å². The molecule has 0 bridgehead atoms. The maximum atomic E-state index is 13.3. The number of carboxylic acid groups (broad SMARTS) is 1. The Hall–Kier alpha value is -1.29. The summed E-state index contributed by atoms with van der Waals surface area (Å²) in [5, 5.41) is 9.11. The Bertz CT molecular complexity index is 393. The van der Waals surface area contributed by atoms with Crippen molar-refractivity contribution in [3.63, 3.8) is 0 Å². The van der Waals surface area contributed by atoms with Crippen LogP contribution in [0.15, 0.2) is 18.2 Å². The van der Waals surface area contributed by atoms with Gasteiger partial charge in [0, 0.05) is 10.9 Å². The molecule has 0 spiro atoms. The average molecular weight is 247 g/mol. The van der Waals surface area contributed by atoms with Crippen molar-refractivity contribution in [2.45, 2.75) is 20.0 Å². The second-order valence-corrected chi connectivity index (χ2v) is 4.13. The van der Waals surface area contributed by atoms with E-state index in [4.69, 9.17) is 21.4 Å². The summed E-state index contributed by atoms with van der Waals surface area (Å²) in [6, 6.07) is 3.84. The van der Waals surface area contributed by atoms with Crippen LogP contribution >= 0.6 is 11.6 Å². The summed E-state index contributed by atoms with van der Waals surface area (Å²) in [5.41, 5.74) is 0. The number of carboxylic acids is 1. The number of hydrogen-bond acceptors (Lipinski definition) is 2. The van der Waals surface area contributed by atoms with E-state index in [-0.39, 0.29) is 16.7 Å². The highest BCUT2D eigenvalue weighted by molar-refractivity contribution is 6.30. The van der Waals surface area contributed by atoms with Crippen LogP contribution in [0.1, 0.15) is 13.8 Å². The summed E-state index contributed by atoms with van der Waals surface area (Å²) in [5.74, 6) is -2.15. The van der Waals surface area contributed by atoms with E-state index in [2.05, 4.69) is 0 Å². The second-order valence-electron chi connectivity index (χ2n) is 3.70. The molecule has 1 atom stereocenters. The Morgan fingerprint density at radius 1 is 1.50 bits per heavy atom. The monoisotopic (exact) mass is 246 g/mol. The fourth-order valence-corrected chi connectivity index (χ4v) is 1.34. The summed E-state index contributed by atoms with van der Waals surface area (Å²) < 4.78 is 18.4. The van der Waals surface area contributed by atoms with Crippen LogP contribution in [0.3, 0.4) is 0 Å². The fourth-order valence-electron chi connectivity index (χ4n) is 1.18. The van der Waals surface area contributed by atoms with Crippen molar-refractivity contribution >= 4 is 17.6 Å². The smallest absolute Gasteiger partial charge is 0.345 e. The molecule has 1 aromatic rings. The Morgan fingerprint density at radius 2 is 2.12 bits per heavy atom. The summed E-state index contributed by atoms with van der Waals surface area (Å²) in [4.78, 5) is 10.9. The van der Waals surface area contributed by atoms with E-state index in [1.54, 1.807) is 13.8 Å². The van der Waals surface area contributed by atoms with Crippen LogP contribution in [0.5, 0.6) is 5.75 Å². The first-order valence-electron chi connectivity index (χ1n) is 4.76. The third-order valence-electron chi connectivity index (χ3n) is 2.00. The van der Waals surface area contributed by atoms with Crippen LogP contribution in [-0.4, -0.2) is 17.2 Å². The van der Waals surface area contributed by atoms with Crippen LogP contribution in [0.2, 0.25) is 5.02 Å². The minimum atomic E-state index is -1.12. The molecule has 0 fully saturated rings. The molecule has 5 heteroatoms. The van der Waals surface area contributed by atoms with Gasteiger partial charge in [-0.25, -0.2) is 9.18 Å². The van der Waals surface area contributed by atoms with E-state index in [9.17, 15) is 9.18 Å². The standard InChI is InChI=1S/C11H12ClFO3/c1-6(2)10(11(14)15)16-9-4-3-7(12)5-8(9)13/h3-6,10H,1-2H3,(H,14,15). The van der Waals surface area contributed by atoms with Gasteiger partial charge in [0.15, 0.2) is 17.7 Å². The number of ether oxygens (including phenoxy) is 1. The van der Waals surface area contributed by atoms with Crippen molar-refractivity contribution in [2.24, 2.45) is 5.92 Å². The van der Waals surface area contributed by atoms with Gasteiger partial charge in [-0.3, -0.25) is 0 Å². The van der Waals surface area contributed by atoms with Crippen molar-refractivity contribution < 1.29 is 19.0 Å². The van der Waals surface area contributed by atoms with Gasteiger partial charge in [0.1, 0.15) is 0 Å². The molecule has 88 valence electrons. The van der Waals surface area contributed by atoms with Gasteiger partial charge in [0.25, 0.3) is 0 Å². The highest BCUT2D eigenvalue weighted by Crippen LogP contribution is 2.23. The molecule has 1 aromatic carbocycles. The van der Waals surface area contributed by atoms with Crippen LogP contribution in [0.4, 0.5) is 4.39 Å². The predicted molar refractivity (Wildman–Crippen MR) is 58.3 cm³/mol. The third kappa shape index (κ3) is 3.10. The molecule has 1 unspecified atom stereocenters. The number of hydrogen-bond donors (Lipinski definition) is 1. The summed E-state index contributed by atoms with van der Waals surface area (Å²) in [7, 11) is 0. The lowest BCUT2D eigenvalue weighted by atomic mass is 10.1. The number of carbonyl (C=O) groups is 1. The normalized spacial score (nSPS) is 12.6. The third-order valence-corrected chi connectivity index (χ3v) is 2.23. The maximum Gasteiger partial charge on any atom is 0.345 e. The van der Waals surface area contributed by atoms with Crippen molar-refractivity contribution in [1.82, 2.24) is 0 Å². The van der Waals surface area contributed by atoms with Gasteiger partial charge in [0.2, 0.25) is 0 Å². The lowest BCUT2D eigenvalue weighted by molar-refractivity contribution is -0.147. The van der Waals surface area contributed by atoms with E-state index in [0.29, 0.717) is 0 Å². The number of rotatable bonds is 4. The van der Waals surface area contributed by atoms with Gasteiger partial charge >= 0.3 is 5.97 Å². The van der Waals surface area contributed by atoms with Crippen molar-refractivity contribution in [1.29, 1.82) is 0 Å². The molecule has 0 aromatic heterocycles. The Kier molecular flexibility index (Phi) is 4.12. The van der Waals surface area contributed by atoms with Crippen molar-refractivity contribution in [2.75, 3.05) is 0 Å². The lowest BCUT2D eigenvalue weighted by Crippen LogP contribution is -2.32. The number of halogens is 2. The van der Waals surface area contributed by atoms with Crippen LogP contribution in [0, 0.1) is 11.7 Å². The fraction of sp³-hybridized carbons (Fsp3) is 0.364. The van der Waals surface area contributed by atoms with E-state index in [1.807, 2.05) is 0 Å². The molecule has 0 amide bonds. The second kappa shape index (κ2) is 5.16. The molecule has 0 aliphatic rings. The Morgan fingerprint density at radius 3 is 2.56 bits per heavy atom. The van der Waals surface area contributed by atoms with Crippen LogP contribution in [0.25, 0.3) is 0 Å². The number of benzene rings is 1. The van der Waals surface area contributed by atoms with Gasteiger partial charge in [0.05, 0.1) is 0 Å². The van der Waals surface area contributed by atoms with Crippen molar-refractivity contribution in [3.8, 4) is 5.75 Å². The Labute approximate surface area is 97.8 Å². The number of aliphatic carboxylic acids is 1. The van der Waals surface area contributed by atoms with E-state index in [1.165, 1.54) is 12.1 Å². The molecule has 0 aliphatic heterocycles. The molecule has 1 N–H and O–H groups in total. The lowest BCUT2D eigenvalue weighted by Gasteiger charge is -2.18. The zero-order chi connectivity index (χ0) is 12.3. The van der Waals surface area contributed by atoms with Gasteiger partial charge in [-0.15, -0.1) is 0 Å². The van der Waals surface area contributed by atoms with Gasteiger partial charge < -0.3 is 9.84 Å². The summed E-state index contributed by atoms with van der Waals surface area (Å²) >= 11 is 5.57. The van der Waals surface area contributed by atoms with E-state index in [0.717, 1.165) is 6.07 Å². The Balaban J connectivity index is 2.90. The first kappa shape index (κ1) is 12.8. The molecular formula is C11H12ClFO3. The zero-order valence-corrected chi connectivity index (χ0v) is 9.66. The summed E-state index contributed by atoms with van der Waals surface area (Å²) in [6.45, 7) is 3.37. The molecule has 0 saturated heterocycles. The summed E-state index contributed by atoms with van der Waals surface area (Å²) in [6.07, 6.45) is -1.07. The maximum absolute atomic E-state index is 13.3. The van der Waals surface area contributed by atoms with Crippen LogP contribution < -0.4 is 4.74 Å². The molecule has 16 heavy (non-hydrogen) atoms. The zero-order valence-electron chi connectivity index (χ0n) is 8.91. The van der Waals surface area contributed by atoms with E-state index < -0.39 is 17.9 Å². The average Bonchev–Trinajstić information content (AvgIpc) is 2.15. The minimum absolute atomic E-state index is 0.106. The molecule has 0 saturated carbocycles. The van der Waals surface area contributed by atoms with Gasteiger partial charge in [-0.2, -0.15) is 0 Å². The first-order valence-corrected chi connectivity index (χ1v) is 5.14. The minimum Gasteiger partial charge on any atom is -0.478 e. The topological polar surface area (TPSA) is 46.5 Å². The molecule has 3 nitrogen and oxygen atoms in total. The largest absolute Gasteiger partial charge is 0.478 e. The highest BCUT2D eigenvalue weighted by Gasteiger charge is 2.24. The quantitative estimate of drug-likeness (QED) is 0.888. The first-order chi connectivity index (χ1) is 7.41. The highest BCUT2D eigenvalue weighted by atomic mass is 35.5. The molecule has 0 heterocycles. The predicted octanol–water partition coefficient (Wildman–Crippen LogP) is 2.97.